The molecular weight excluding hydrogens is 303 g/mol. The van der Waals surface area contributed by atoms with Gasteiger partial charge in [-0.3, -0.25) is 0 Å². The van der Waals surface area contributed by atoms with Crippen LogP contribution in [0.1, 0.15) is 0 Å². The molecule has 1 radical (unpaired) electrons. The molecule has 0 aliphatic rings. The van der Waals surface area contributed by atoms with Gasteiger partial charge in [0.2, 0.25) is 0 Å². The summed E-state index contributed by atoms with van der Waals surface area (Å²) in [5, 5.41) is 0. The molecule has 0 N–H and O–H groups in total. The SMILES string of the molecule is [Ce+3].[In+3].[O-2].[O-2].[O-2]. The molecule has 5 heteroatoms. The maximum absolute atomic E-state index is 0. The third-order valence-electron chi connectivity index (χ3n) is 0. The zero-order valence-corrected chi connectivity index (χ0v) is 8.74. The quantitative estimate of drug-likeness (QED) is 0.565. The van der Waals surface area contributed by atoms with Crippen molar-refractivity contribution >= 4 is 25.8 Å². The monoisotopic (exact) mass is 303 g/mol. The molecule has 0 aromatic rings. The minimum absolute atomic E-state index is 0. The minimum atomic E-state index is 0. The standard InChI is InChI=1S/Ce.In.3O/q2*+3;3*-2. The molecule has 5 heavy (non-hydrogen) atoms. The van der Waals surface area contributed by atoms with Crippen molar-refractivity contribution in [3.8, 4) is 0 Å². The van der Waals surface area contributed by atoms with Gasteiger partial charge in [0.15, 0.2) is 0 Å². The summed E-state index contributed by atoms with van der Waals surface area (Å²) in [5.41, 5.74) is 0. The van der Waals surface area contributed by atoms with E-state index in [4.69, 9.17) is 0 Å². The number of hydrogen-bond donors (Lipinski definition) is 0. The van der Waals surface area contributed by atoms with E-state index in [9.17, 15) is 0 Å². The van der Waals surface area contributed by atoms with Crippen LogP contribution in [0, 0.1) is 41.7 Å². The molecule has 0 atom stereocenters. The second-order valence-corrected chi connectivity index (χ2v) is 0. The smallest absolute Gasteiger partial charge is 2.00 e. The minimum Gasteiger partial charge on any atom is -2.00 e. The Labute approximate surface area is 82.6 Å². The van der Waals surface area contributed by atoms with Crippen molar-refractivity contribution in [1.82, 2.24) is 0 Å². The summed E-state index contributed by atoms with van der Waals surface area (Å²) in [6.45, 7) is 0. The molecular formula is CeInO3. The fourth-order valence-corrected chi connectivity index (χ4v) is 0. The summed E-state index contributed by atoms with van der Waals surface area (Å²) in [6.07, 6.45) is 0. The average Bonchev–Trinajstić information content (AvgIpc) is 0. The van der Waals surface area contributed by atoms with Crippen molar-refractivity contribution in [2.45, 2.75) is 0 Å². The molecule has 0 saturated carbocycles. The van der Waals surface area contributed by atoms with E-state index in [0.717, 1.165) is 0 Å². The van der Waals surface area contributed by atoms with Gasteiger partial charge < -0.3 is 16.4 Å². The van der Waals surface area contributed by atoms with Gasteiger partial charge >= 0.3 is 67.6 Å². The Balaban J connectivity index is 0. The van der Waals surface area contributed by atoms with E-state index >= 15 is 0 Å². The van der Waals surface area contributed by atoms with Gasteiger partial charge in [0.25, 0.3) is 0 Å². The summed E-state index contributed by atoms with van der Waals surface area (Å²) in [7, 11) is 0. The van der Waals surface area contributed by atoms with Gasteiger partial charge in [-0.05, 0) is 0 Å². The van der Waals surface area contributed by atoms with Gasteiger partial charge in [0.1, 0.15) is 0 Å². The molecule has 0 aromatic carbocycles. The number of rotatable bonds is 0. The van der Waals surface area contributed by atoms with Crippen LogP contribution in [-0.2, 0) is 16.4 Å². The topological polar surface area (TPSA) is 85.5 Å². The fourth-order valence-electron chi connectivity index (χ4n) is 0. The number of hydrogen-bond acceptors (Lipinski definition) is 0. The molecule has 0 aliphatic carbocycles. The van der Waals surface area contributed by atoms with Crippen molar-refractivity contribution in [3.05, 3.63) is 0 Å². The van der Waals surface area contributed by atoms with Crippen molar-refractivity contribution in [2.24, 2.45) is 0 Å². The molecule has 0 fully saturated rings. The van der Waals surface area contributed by atoms with Crippen molar-refractivity contribution in [1.29, 1.82) is 0 Å². The molecule has 0 bridgehead atoms. The average molecular weight is 303 g/mol. The summed E-state index contributed by atoms with van der Waals surface area (Å²) < 4.78 is 0. The zero-order valence-electron chi connectivity index (χ0n) is 2.30. The molecule has 0 amide bonds. The van der Waals surface area contributed by atoms with Crippen LogP contribution in [0.4, 0.5) is 0 Å². The molecule has 3 nitrogen and oxygen atoms in total. The van der Waals surface area contributed by atoms with Crippen molar-refractivity contribution in [3.63, 3.8) is 0 Å². The van der Waals surface area contributed by atoms with Crippen LogP contribution in [0.15, 0.2) is 0 Å². The van der Waals surface area contributed by atoms with Crippen LogP contribution in [0.2, 0.25) is 0 Å². The molecule has 0 rings (SSSR count). The Hall–Kier alpha value is 2.13. The molecule has 0 heterocycles. The summed E-state index contributed by atoms with van der Waals surface area (Å²) >= 11 is 0. The van der Waals surface area contributed by atoms with E-state index in [1.165, 1.54) is 0 Å². The molecule has 0 spiro atoms. The van der Waals surface area contributed by atoms with Gasteiger partial charge in [0, 0.05) is 0 Å². The van der Waals surface area contributed by atoms with Crippen LogP contribution in [0.5, 0.6) is 0 Å². The maximum Gasteiger partial charge on any atom is 3.00 e. The Kier molecular flexibility index (Phi) is 421. The van der Waals surface area contributed by atoms with Gasteiger partial charge in [-0.1, -0.05) is 0 Å². The van der Waals surface area contributed by atoms with E-state index in [1.54, 1.807) is 0 Å². The summed E-state index contributed by atoms with van der Waals surface area (Å²) in [6, 6.07) is 0. The normalized spacial score (nSPS) is 0. The first-order chi connectivity index (χ1) is 0. The first kappa shape index (κ1) is 59.1. The van der Waals surface area contributed by atoms with Crippen LogP contribution < -0.4 is 0 Å². The summed E-state index contributed by atoms with van der Waals surface area (Å²) in [5.74, 6) is 0. The predicted octanol–water partition coefficient (Wildman–Crippen LogP) is -0.737. The van der Waals surface area contributed by atoms with Gasteiger partial charge in [0.05, 0.1) is 0 Å². The van der Waals surface area contributed by atoms with Crippen LogP contribution in [-0.4, -0.2) is 25.8 Å². The molecule has 0 unspecified atom stereocenters. The second kappa shape index (κ2) is 35.6. The van der Waals surface area contributed by atoms with Gasteiger partial charge in [-0.15, -0.1) is 0 Å². The van der Waals surface area contributed by atoms with Gasteiger partial charge in [-0.2, -0.15) is 0 Å². The first-order valence-electron chi connectivity index (χ1n) is 0. The maximum atomic E-state index is 0. The van der Waals surface area contributed by atoms with E-state index in [1.807, 2.05) is 0 Å². The Morgan fingerprint density at radius 1 is 0.600 bits per heavy atom. The molecule has 0 aromatic heterocycles. The van der Waals surface area contributed by atoms with Gasteiger partial charge in [-0.25, -0.2) is 0 Å². The molecule has 0 saturated heterocycles. The van der Waals surface area contributed by atoms with Crippen molar-refractivity contribution < 1.29 is 58.2 Å². The van der Waals surface area contributed by atoms with E-state index in [-0.39, 0.29) is 84.0 Å². The van der Waals surface area contributed by atoms with Crippen LogP contribution >= 0.6 is 0 Å². The van der Waals surface area contributed by atoms with E-state index in [0.29, 0.717) is 0 Å². The molecule has 0 aliphatic heterocycles. The fraction of sp³-hybridized carbons (Fsp3) is 0. The van der Waals surface area contributed by atoms with E-state index < -0.39 is 0 Å². The Morgan fingerprint density at radius 3 is 0.600 bits per heavy atom. The zero-order chi connectivity index (χ0) is 0. The first-order valence-corrected chi connectivity index (χ1v) is 0. The third-order valence-corrected chi connectivity index (χ3v) is 0. The third kappa shape index (κ3) is 23.1. The van der Waals surface area contributed by atoms with Crippen LogP contribution in [0.25, 0.3) is 0 Å². The summed E-state index contributed by atoms with van der Waals surface area (Å²) in [4.78, 5) is 0. The molecule has 25 valence electrons. The Morgan fingerprint density at radius 2 is 0.600 bits per heavy atom. The van der Waals surface area contributed by atoms with Crippen molar-refractivity contribution in [2.75, 3.05) is 0 Å². The van der Waals surface area contributed by atoms with E-state index in [2.05, 4.69) is 0 Å². The predicted molar refractivity (Wildman–Crippen MR) is 7.81 cm³/mol. The largest absolute Gasteiger partial charge is 3.00 e. The second-order valence-electron chi connectivity index (χ2n) is 0. The Bertz CT molecular complexity index is 6.85. The van der Waals surface area contributed by atoms with Crippen LogP contribution in [0.3, 0.4) is 0 Å².